The fraction of sp³-hybridized carbons (Fsp3) is 0. The van der Waals surface area contributed by atoms with E-state index in [2.05, 4.69) is 5.73 Å². The Bertz CT molecular complexity index is 128. The summed E-state index contributed by atoms with van der Waals surface area (Å²) >= 11 is 0. The first-order valence-corrected chi connectivity index (χ1v) is 2.81. The molecule has 0 fully saturated rings. The topological polar surface area (TPSA) is 179 Å². The number of primary amides is 1. The highest BCUT2D eigenvalue weighted by Gasteiger charge is 1.94. The third-order valence-electron chi connectivity index (χ3n) is 0.270. The van der Waals surface area contributed by atoms with E-state index < -0.39 is 13.2 Å². The molecule has 0 aliphatic carbocycles. The molecule has 7 nitrogen and oxygen atoms in total. The van der Waals surface area contributed by atoms with Crippen LogP contribution in [0.3, 0.4) is 0 Å². The van der Waals surface area contributed by atoms with Crippen LogP contribution >= 0.6 is 7.60 Å². The number of quaternary nitrogens is 2. The lowest BCUT2D eigenvalue weighted by molar-refractivity contribution is -0.307. The Morgan fingerprint density at radius 3 is 1.44 bits per heavy atom. The summed E-state index contributed by atoms with van der Waals surface area (Å²) in [6, 6.07) is 0. The van der Waals surface area contributed by atoms with Gasteiger partial charge in [-0.05, 0) is 0 Å². The predicted molar refractivity (Wildman–Crippen MR) is 29.2 cm³/mol. The van der Waals surface area contributed by atoms with E-state index in [0.717, 1.165) is 0 Å². The van der Waals surface area contributed by atoms with Gasteiger partial charge >= 0.3 is 0 Å². The van der Waals surface area contributed by atoms with Crippen molar-refractivity contribution in [2.24, 2.45) is 5.73 Å². The molecule has 9 heavy (non-hydrogen) atoms. The van der Waals surface area contributed by atoms with Crippen LogP contribution in [-0.4, -0.2) is 5.65 Å². The highest BCUT2D eigenvalue weighted by molar-refractivity contribution is 7.67. The van der Waals surface area contributed by atoms with Gasteiger partial charge in [-0.3, -0.25) is 4.79 Å². The fourth-order valence-corrected chi connectivity index (χ4v) is 0. The molecular weight excluding hydrogens is 149 g/mol. The van der Waals surface area contributed by atoms with Gasteiger partial charge < -0.3 is 32.4 Å². The second kappa shape index (κ2) is 4.42. The van der Waals surface area contributed by atoms with Crippen molar-refractivity contribution in [1.82, 2.24) is 12.3 Å². The smallest absolute Gasteiger partial charge is 0.246 e. The molecule has 10 N–H and O–H groups in total. The molecule has 1 amide bonds. The number of nitrogens with two attached hydrogens (primary N) is 1. The summed E-state index contributed by atoms with van der Waals surface area (Å²) < 4.78 is 9.33. The molecule has 0 atom stereocenters. The van der Waals surface area contributed by atoms with Crippen LogP contribution in [-0.2, 0) is 4.57 Å². The highest BCUT2D eigenvalue weighted by atomic mass is 31.2. The van der Waals surface area contributed by atoms with Crippen molar-refractivity contribution in [2.45, 2.75) is 0 Å². The first-order valence-electron chi connectivity index (χ1n) is 1.26. The van der Waals surface area contributed by atoms with Crippen molar-refractivity contribution >= 4 is 13.2 Å². The van der Waals surface area contributed by atoms with Crippen LogP contribution < -0.4 is 27.8 Å². The van der Waals surface area contributed by atoms with Crippen molar-refractivity contribution in [3.05, 3.63) is 0 Å². The van der Waals surface area contributed by atoms with Crippen LogP contribution in [0.2, 0.25) is 0 Å². The van der Waals surface area contributed by atoms with E-state index in [-0.39, 0.29) is 12.3 Å². The molecule has 0 aromatic heterocycles. The van der Waals surface area contributed by atoms with Crippen LogP contribution in [0.5, 0.6) is 0 Å². The van der Waals surface area contributed by atoms with E-state index in [1.165, 1.54) is 0 Å². The summed E-state index contributed by atoms with van der Waals surface area (Å²) in [5.74, 6) is 0. The number of carbonyl (C=O) groups excluding carboxylic acids is 1. The van der Waals surface area contributed by atoms with Crippen molar-refractivity contribution in [3.8, 4) is 0 Å². The second-order valence-electron chi connectivity index (χ2n) is 0.836. The average molecular weight is 159 g/mol. The summed E-state index contributed by atoms with van der Waals surface area (Å²) in [5.41, 5.74) is 2.23. The average Bonchev–Trinajstić information content (AvgIpc) is 1.31. The number of rotatable bonds is 1. The number of carbonyl (C=O) groups is 1. The number of hydrogen-bond donors (Lipinski definition) is 3. The lowest BCUT2D eigenvalue weighted by atomic mass is 11.5. The second-order valence-corrected chi connectivity index (χ2v) is 2.27. The molecule has 58 valence electrons. The SMILES string of the molecule is NC(=O)P(=O)([O-])[O-].[NH4+].[NH4+]. The highest BCUT2D eigenvalue weighted by Crippen LogP contribution is 2.20. The third-order valence-corrected chi connectivity index (χ3v) is 0.810. The van der Waals surface area contributed by atoms with E-state index in [1.807, 2.05) is 0 Å². The van der Waals surface area contributed by atoms with Crippen molar-refractivity contribution in [1.29, 1.82) is 0 Å². The Morgan fingerprint density at radius 1 is 1.33 bits per heavy atom. The van der Waals surface area contributed by atoms with Crippen LogP contribution in [0.15, 0.2) is 0 Å². The molecule has 0 aromatic rings. The Labute approximate surface area is 51.6 Å². The van der Waals surface area contributed by atoms with Gasteiger partial charge in [-0.1, -0.05) is 0 Å². The van der Waals surface area contributed by atoms with Gasteiger partial charge in [-0.2, -0.15) is 0 Å². The van der Waals surface area contributed by atoms with Crippen LogP contribution in [0.1, 0.15) is 0 Å². The van der Waals surface area contributed by atoms with Gasteiger partial charge in [0, 0.05) is 7.60 Å². The predicted octanol–water partition coefficient (Wildman–Crippen LogP) is -1.27. The summed E-state index contributed by atoms with van der Waals surface area (Å²) in [7, 11) is -5.10. The van der Waals surface area contributed by atoms with E-state index in [0.29, 0.717) is 0 Å². The molecule has 0 saturated carbocycles. The zero-order valence-electron chi connectivity index (χ0n) is 5.16. The van der Waals surface area contributed by atoms with Gasteiger partial charge in [0.15, 0.2) is 0 Å². The van der Waals surface area contributed by atoms with Gasteiger partial charge in [-0.15, -0.1) is 0 Å². The standard InChI is InChI=1S/CH4NO4P.2H3N/c2-1(3)7(4,5)6;;/h(H2,2,3)(H2,4,5,6);2*1H3. The Hall–Kier alpha value is -0.460. The zero-order valence-corrected chi connectivity index (χ0v) is 6.05. The minimum atomic E-state index is -5.10. The Balaban J connectivity index is -0.000000180. The minimum absolute atomic E-state index is 0. The van der Waals surface area contributed by atoms with E-state index in [4.69, 9.17) is 0 Å². The third kappa shape index (κ3) is 7.54. The largest absolute Gasteiger partial charge is 0.804 e. The van der Waals surface area contributed by atoms with Crippen molar-refractivity contribution < 1.29 is 19.1 Å². The Kier molecular flexibility index (Phi) is 7.77. The fourth-order valence-electron chi connectivity index (χ4n) is 0. The molecule has 0 bridgehead atoms. The summed E-state index contributed by atoms with van der Waals surface area (Å²) in [5, 5.41) is 0. The number of amides is 1. The van der Waals surface area contributed by atoms with E-state index in [1.54, 1.807) is 0 Å². The lowest BCUT2D eigenvalue weighted by Gasteiger charge is -2.23. The molecule has 0 aromatic carbocycles. The molecule has 8 heteroatoms. The van der Waals surface area contributed by atoms with Gasteiger partial charge in [0.2, 0.25) is 5.65 Å². The maximum atomic E-state index is 9.35. The van der Waals surface area contributed by atoms with Gasteiger partial charge in [0.1, 0.15) is 0 Å². The van der Waals surface area contributed by atoms with Crippen LogP contribution in [0.25, 0.3) is 0 Å². The monoisotopic (exact) mass is 159 g/mol. The molecule has 0 spiro atoms. The van der Waals surface area contributed by atoms with Gasteiger partial charge in [0.25, 0.3) is 0 Å². The lowest BCUT2D eigenvalue weighted by Crippen LogP contribution is -2.26. The van der Waals surface area contributed by atoms with Gasteiger partial charge in [-0.25, -0.2) is 0 Å². The van der Waals surface area contributed by atoms with Gasteiger partial charge in [0.05, 0.1) is 0 Å². The molecule has 0 heterocycles. The first-order chi connectivity index (χ1) is 2.94. The molecule has 0 radical (unpaired) electrons. The first kappa shape index (κ1) is 15.8. The molecular formula is CH10N3O4P. The summed E-state index contributed by atoms with van der Waals surface area (Å²) in [6.07, 6.45) is 0. The number of hydrogen-bond acceptors (Lipinski definition) is 4. The van der Waals surface area contributed by atoms with E-state index in [9.17, 15) is 19.1 Å². The molecule has 0 aliphatic heterocycles. The van der Waals surface area contributed by atoms with Crippen LogP contribution in [0, 0.1) is 0 Å². The Morgan fingerprint density at radius 2 is 1.44 bits per heavy atom. The van der Waals surface area contributed by atoms with E-state index >= 15 is 0 Å². The molecule has 0 unspecified atom stereocenters. The molecule has 0 saturated heterocycles. The minimum Gasteiger partial charge on any atom is -0.804 e. The summed E-state index contributed by atoms with van der Waals surface area (Å²) in [6.45, 7) is 0. The van der Waals surface area contributed by atoms with Crippen molar-refractivity contribution in [3.63, 3.8) is 0 Å². The molecule has 0 aliphatic rings. The zero-order chi connectivity index (χ0) is 6.08. The maximum absolute atomic E-state index is 9.35. The van der Waals surface area contributed by atoms with Crippen LogP contribution in [0.4, 0.5) is 4.79 Å². The van der Waals surface area contributed by atoms with Crippen molar-refractivity contribution in [2.75, 3.05) is 0 Å². The quantitative estimate of drug-likeness (QED) is 0.403. The normalized spacial score (nSPS) is 8.67. The molecule has 0 rings (SSSR count). The summed E-state index contributed by atoms with van der Waals surface area (Å²) in [4.78, 5) is 28.0. The maximum Gasteiger partial charge on any atom is 0.246 e.